The molecule has 2 unspecified atom stereocenters. The number of rotatable bonds is 5. The van der Waals surface area contributed by atoms with Crippen molar-refractivity contribution in [3.05, 3.63) is 53.0 Å². The third-order valence-electron chi connectivity index (χ3n) is 5.75. The summed E-state index contributed by atoms with van der Waals surface area (Å²) in [6, 6.07) is 10.3. The summed E-state index contributed by atoms with van der Waals surface area (Å²) in [6.45, 7) is 8.67. The number of hydrogen-bond acceptors (Lipinski definition) is 4. The van der Waals surface area contributed by atoms with Gasteiger partial charge in [0.1, 0.15) is 16.9 Å². The Labute approximate surface area is 182 Å². The first-order chi connectivity index (χ1) is 14.2. The summed E-state index contributed by atoms with van der Waals surface area (Å²) in [4.78, 5) is 17.5. The SMILES string of the molecule is CCC(Sc1nc2c(cc1C#N)CC(C(C)(C)C)CC2)C(=O)Nc1ccccc1F. The third-order valence-corrected chi connectivity index (χ3v) is 7.11. The lowest BCUT2D eigenvalue weighted by molar-refractivity contribution is -0.115. The summed E-state index contributed by atoms with van der Waals surface area (Å²) in [5.41, 5.74) is 3.06. The maximum absolute atomic E-state index is 13.9. The van der Waals surface area contributed by atoms with Crippen LogP contribution in [0, 0.1) is 28.5 Å². The van der Waals surface area contributed by atoms with Gasteiger partial charge in [-0.15, -0.1) is 0 Å². The number of carbonyl (C=O) groups excluding carboxylic acids is 1. The molecule has 0 saturated carbocycles. The Morgan fingerprint density at radius 3 is 2.77 bits per heavy atom. The van der Waals surface area contributed by atoms with Gasteiger partial charge in [0.15, 0.2) is 0 Å². The minimum Gasteiger partial charge on any atom is -0.323 e. The third kappa shape index (κ3) is 5.02. The van der Waals surface area contributed by atoms with Gasteiger partial charge in [0.25, 0.3) is 0 Å². The average Bonchev–Trinajstić information content (AvgIpc) is 2.71. The molecular formula is C24H28FN3OS. The number of anilines is 1. The minimum absolute atomic E-state index is 0.161. The van der Waals surface area contributed by atoms with Crippen molar-refractivity contribution in [2.45, 2.75) is 63.7 Å². The first kappa shape index (κ1) is 22.3. The van der Waals surface area contributed by atoms with E-state index >= 15 is 0 Å². The van der Waals surface area contributed by atoms with Crippen molar-refractivity contribution in [3.63, 3.8) is 0 Å². The van der Waals surface area contributed by atoms with E-state index < -0.39 is 11.1 Å². The molecule has 1 heterocycles. The van der Waals surface area contributed by atoms with Gasteiger partial charge in [0.2, 0.25) is 5.91 Å². The number of pyridine rings is 1. The molecule has 0 fully saturated rings. The number of para-hydroxylation sites is 1. The van der Waals surface area contributed by atoms with Crippen LogP contribution in [0.15, 0.2) is 35.4 Å². The van der Waals surface area contributed by atoms with Crippen LogP contribution in [0.25, 0.3) is 0 Å². The van der Waals surface area contributed by atoms with Gasteiger partial charge in [0, 0.05) is 5.69 Å². The summed E-state index contributed by atoms with van der Waals surface area (Å²) in [6.07, 6.45) is 3.43. The number of amides is 1. The van der Waals surface area contributed by atoms with E-state index in [1.54, 1.807) is 12.1 Å². The van der Waals surface area contributed by atoms with E-state index in [1.807, 2.05) is 13.0 Å². The Morgan fingerprint density at radius 2 is 2.13 bits per heavy atom. The number of nitrogens with zero attached hydrogens (tertiary/aromatic N) is 2. The van der Waals surface area contributed by atoms with E-state index in [0.717, 1.165) is 30.5 Å². The zero-order valence-corrected chi connectivity index (χ0v) is 18.8. The van der Waals surface area contributed by atoms with Gasteiger partial charge in [-0.1, -0.05) is 51.6 Å². The number of nitriles is 1. The highest BCUT2D eigenvalue weighted by molar-refractivity contribution is 8.00. The first-order valence-corrected chi connectivity index (χ1v) is 11.3. The topological polar surface area (TPSA) is 65.8 Å². The molecule has 1 aromatic carbocycles. The molecular weight excluding hydrogens is 397 g/mol. The van der Waals surface area contributed by atoms with Crippen molar-refractivity contribution in [1.82, 2.24) is 4.98 Å². The first-order valence-electron chi connectivity index (χ1n) is 10.4. The maximum Gasteiger partial charge on any atom is 0.237 e. The molecule has 2 aromatic rings. The van der Waals surface area contributed by atoms with Gasteiger partial charge in [0.05, 0.1) is 16.5 Å². The van der Waals surface area contributed by atoms with Gasteiger partial charge in [-0.3, -0.25) is 4.79 Å². The summed E-state index contributed by atoms with van der Waals surface area (Å²) >= 11 is 1.28. The van der Waals surface area contributed by atoms with Crippen LogP contribution in [0.2, 0.25) is 0 Å². The lowest BCUT2D eigenvalue weighted by Gasteiger charge is -2.34. The number of carbonyl (C=O) groups is 1. The van der Waals surface area contributed by atoms with E-state index in [1.165, 1.54) is 23.9 Å². The molecule has 1 N–H and O–H groups in total. The van der Waals surface area contributed by atoms with Crippen molar-refractivity contribution >= 4 is 23.4 Å². The van der Waals surface area contributed by atoms with E-state index in [4.69, 9.17) is 4.98 Å². The van der Waals surface area contributed by atoms with Crippen molar-refractivity contribution in [1.29, 1.82) is 5.26 Å². The zero-order valence-electron chi connectivity index (χ0n) is 18.0. The van der Waals surface area contributed by atoms with Crippen LogP contribution in [-0.4, -0.2) is 16.1 Å². The number of thioether (sulfide) groups is 1. The second-order valence-electron chi connectivity index (χ2n) is 8.85. The number of benzene rings is 1. The summed E-state index contributed by atoms with van der Waals surface area (Å²) in [5, 5.41) is 12.5. The van der Waals surface area contributed by atoms with Crippen molar-refractivity contribution < 1.29 is 9.18 Å². The van der Waals surface area contributed by atoms with Crippen molar-refractivity contribution in [2.75, 3.05) is 5.32 Å². The molecule has 2 atom stereocenters. The van der Waals surface area contributed by atoms with Crippen LogP contribution in [-0.2, 0) is 17.6 Å². The van der Waals surface area contributed by atoms with E-state index in [2.05, 4.69) is 32.2 Å². The van der Waals surface area contributed by atoms with Gasteiger partial charge < -0.3 is 5.32 Å². The van der Waals surface area contributed by atoms with Crippen molar-refractivity contribution in [2.24, 2.45) is 11.3 Å². The second-order valence-corrected chi connectivity index (χ2v) is 10.0. The number of nitrogens with one attached hydrogen (secondary N) is 1. The molecule has 30 heavy (non-hydrogen) atoms. The predicted octanol–water partition coefficient (Wildman–Crippen LogP) is 5.75. The highest BCUT2D eigenvalue weighted by Gasteiger charge is 2.30. The van der Waals surface area contributed by atoms with Gasteiger partial charge in [-0.2, -0.15) is 5.26 Å². The van der Waals surface area contributed by atoms with Crippen molar-refractivity contribution in [3.8, 4) is 6.07 Å². The molecule has 6 heteroatoms. The largest absolute Gasteiger partial charge is 0.323 e. The monoisotopic (exact) mass is 425 g/mol. The van der Waals surface area contributed by atoms with Crippen LogP contribution in [0.3, 0.4) is 0 Å². The molecule has 1 aliphatic rings. The smallest absolute Gasteiger partial charge is 0.237 e. The molecule has 1 aliphatic carbocycles. The Hall–Kier alpha value is -2.39. The highest BCUT2D eigenvalue weighted by Crippen LogP contribution is 2.38. The van der Waals surface area contributed by atoms with Crippen LogP contribution < -0.4 is 5.32 Å². The maximum atomic E-state index is 13.9. The van der Waals surface area contributed by atoms with Gasteiger partial charge >= 0.3 is 0 Å². The van der Waals surface area contributed by atoms with E-state index in [0.29, 0.717) is 22.9 Å². The molecule has 1 amide bonds. The lowest BCUT2D eigenvalue weighted by atomic mass is 9.71. The fourth-order valence-electron chi connectivity index (χ4n) is 3.79. The Bertz CT molecular complexity index is 977. The van der Waals surface area contributed by atoms with Crippen LogP contribution in [0.1, 0.15) is 57.4 Å². The summed E-state index contributed by atoms with van der Waals surface area (Å²) in [7, 11) is 0. The molecule has 0 spiro atoms. The van der Waals surface area contributed by atoms with Crippen LogP contribution >= 0.6 is 11.8 Å². The molecule has 0 radical (unpaired) electrons. The number of fused-ring (bicyclic) bond motifs is 1. The Kier molecular flexibility index (Phi) is 6.82. The molecule has 3 rings (SSSR count). The normalized spacial score (nSPS) is 17.0. The van der Waals surface area contributed by atoms with Crippen LogP contribution in [0.5, 0.6) is 0 Å². The number of hydrogen-bond donors (Lipinski definition) is 1. The average molecular weight is 426 g/mol. The van der Waals surface area contributed by atoms with Gasteiger partial charge in [-0.25, -0.2) is 9.37 Å². The second kappa shape index (κ2) is 9.18. The van der Waals surface area contributed by atoms with Crippen LogP contribution in [0.4, 0.5) is 10.1 Å². The highest BCUT2D eigenvalue weighted by atomic mass is 32.2. The number of aryl methyl sites for hydroxylation is 1. The molecule has 1 aromatic heterocycles. The number of halogens is 1. The minimum atomic E-state index is -0.469. The quantitative estimate of drug-likeness (QED) is 0.619. The molecule has 158 valence electrons. The fraction of sp³-hybridized carbons (Fsp3) is 0.458. The molecule has 4 nitrogen and oxygen atoms in total. The predicted molar refractivity (Wildman–Crippen MR) is 119 cm³/mol. The fourth-order valence-corrected chi connectivity index (χ4v) is 4.78. The Morgan fingerprint density at radius 1 is 1.40 bits per heavy atom. The van der Waals surface area contributed by atoms with E-state index in [9.17, 15) is 14.4 Å². The lowest BCUT2D eigenvalue weighted by Crippen LogP contribution is -2.28. The molecule has 0 bridgehead atoms. The van der Waals surface area contributed by atoms with Gasteiger partial charge in [-0.05, 0) is 60.8 Å². The standard InChI is InChI=1S/C24H28FN3OS/c1-5-21(22(29)27-20-9-7-6-8-18(20)25)30-23-16(14-26)12-15-13-17(24(2,3)4)10-11-19(15)28-23/h6-9,12,17,21H,5,10-11,13H2,1-4H3,(H,27,29). The zero-order chi connectivity index (χ0) is 21.9. The van der Waals surface area contributed by atoms with E-state index in [-0.39, 0.29) is 17.0 Å². The summed E-state index contributed by atoms with van der Waals surface area (Å²) < 4.78 is 13.9. The molecule has 0 saturated heterocycles. The molecule has 0 aliphatic heterocycles. The summed E-state index contributed by atoms with van der Waals surface area (Å²) in [5.74, 6) is -0.195. The Balaban J connectivity index is 1.81. The number of aromatic nitrogens is 1.